The molecule has 0 unspecified atom stereocenters. The Morgan fingerprint density at radius 2 is 2.14 bits per heavy atom. The SMILES string of the molecule is CO[C@@H]1CCN(Cc2ccccc2)C1. The minimum absolute atomic E-state index is 0.443. The zero-order valence-corrected chi connectivity index (χ0v) is 8.65. The lowest BCUT2D eigenvalue weighted by molar-refractivity contribution is 0.107. The number of benzene rings is 1. The first kappa shape index (κ1) is 9.69. The lowest BCUT2D eigenvalue weighted by Gasteiger charge is -2.15. The first-order chi connectivity index (χ1) is 6.88. The van der Waals surface area contributed by atoms with E-state index in [4.69, 9.17) is 4.74 Å². The number of hydrogen-bond donors (Lipinski definition) is 0. The van der Waals surface area contributed by atoms with Crippen LogP contribution in [0, 0.1) is 0 Å². The molecule has 2 rings (SSSR count). The number of likely N-dealkylation sites (tertiary alicyclic amines) is 1. The maximum atomic E-state index is 5.34. The van der Waals surface area contributed by atoms with Crippen molar-refractivity contribution in [2.75, 3.05) is 20.2 Å². The third-order valence-electron chi connectivity index (χ3n) is 2.81. The highest BCUT2D eigenvalue weighted by Gasteiger charge is 2.21. The van der Waals surface area contributed by atoms with Crippen LogP contribution in [0.2, 0.25) is 0 Å². The molecule has 76 valence electrons. The second-order valence-corrected chi connectivity index (χ2v) is 3.87. The van der Waals surface area contributed by atoms with Crippen molar-refractivity contribution in [1.82, 2.24) is 4.90 Å². The van der Waals surface area contributed by atoms with Gasteiger partial charge in [-0.15, -0.1) is 0 Å². The molecule has 0 radical (unpaired) electrons. The number of hydrogen-bond acceptors (Lipinski definition) is 2. The van der Waals surface area contributed by atoms with Crippen LogP contribution >= 0.6 is 0 Å². The van der Waals surface area contributed by atoms with Crippen molar-refractivity contribution in [3.63, 3.8) is 0 Å². The van der Waals surface area contributed by atoms with Crippen LogP contribution in [-0.4, -0.2) is 31.2 Å². The van der Waals surface area contributed by atoms with Crippen molar-refractivity contribution in [3.05, 3.63) is 35.9 Å². The zero-order chi connectivity index (χ0) is 9.80. The van der Waals surface area contributed by atoms with Gasteiger partial charge in [0.25, 0.3) is 0 Å². The molecule has 2 heteroatoms. The Hall–Kier alpha value is -0.860. The third-order valence-corrected chi connectivity index (χ3v) is 2.81. The van der Waals surface area contributed by atoms with E-state index in [0.717, 1.165) is 19.6 Å². The maximum absolute atomic E-state index is 5.34. The zero-order valence-electron chi connectivity index (χ0n) is 8.65. The van der Waals surface area contributed by atoms with E-state index in [2.05, 4.69) is 35.2 Å². The predicted octanol–water partition coefficient (Wildman–Crippen LogP) is 1.91. The molecule has 0 saturated carbocycles. The monoisotopic (exact) mass is 191 g/mol. The molecule has 0 N–H and O–H groups in total. The van der Waals surface area contributed by atoms with Gasteiger partial charge in [0.05, 0.1) is 6.10 Å². The summed E-state index contributed by atoms with van der Waals surface area (Å²) < 4.78 is 5.34. The molecule has 0 aromatic heterocycles. The summed E-state index contributed by atoms with van der Waals surface area (Å²) in [6, 6.07) is 10.6. The maximum Gasteiger partial charge on any atom is 0.0710 e. The Morgan fingerprint density at radius 1 is 1.36 bits per heavy atom. The summed E-state index contributed by atoms with van der Waals surface area (Å²) in [6.45, 7) is 3.29. The summed E-state index contributed by atoms with van der Waals surface area (Å²) in [6.07, 6.45) is 1.61. The average Bonchev–Trinajstić information content (AvgIpc) is 2.67. The highest BCUT2D eigenvalue weighted by Crippen LogP contribution is 2.14. The summed E-state index contributed by atoms with van der Waals surface area (Å²) in [5.74, 6) is 0. The van der Waals surface area contributed by atoms with E-state index >= 15 is 0 Å². The van der Waals surface area contributed by atoms with E-state index in [9.17, 15) is 0 Å². The van der Waals surface area contributed by atoms with Crippen LogP contribution in [0.1, 0.15) is 12.0 Å². The predicted molar refractivity (Wildman–Crippen MR) is 57.1 cm³/mol. The van der Waals surface area contributed by atoms with E-state index in [1.54, 1.807) is 7.11 Å². The molecule has 2 nitrogen and oxygen atoms in total. The number of nitrogens with zero attached hydrogens (tertiary/aromatic N) is 1. The number of rotatable bonds is 3. The van der Waals surface area contributed by atoms with Crippen molar-refractivity contribution in [3.8, 4) is 0 Å². The van der Waals surface area contributed by atoms with Gasteiger partial charge in [-0.3, -0.25) is 4.90 Å². The van der Waals surface area contributed by atoms with Crippen LogP contribution in [0.15, 0.2) is 30.3 Å². The molecule has 14 heavy (non-hydrogen) atoms. The molecule has 1 aromatic rings. The summed E-state index contributed by atoms with van der Waals surface area (Å²) in [4.78, 5) is 2.45. The van der Waals surface area contributed by atoms with Gasteiger partial charge in [-0.1, -0.05) is 30.3 Å². The molecule has 1 aromatic carbocycles. The van der Waals surface area contributed by atoms with E-state index < -0.39 is 0 Å². The summed E-state index contributed by atoms with van der Waals surface area (Å²) >= 11 is 0. The van der Waals surface area contributed by atoms with E-state index in [1.165, 1.54) is 12.0 Å². The first-order valence-corrected chi connectivity index (χ1v) is 5.17. The molecule has 1 aliphatic heterocycles. The van der Waals surface area contributed by atoms with Gasteiger partial charge in [0, 0.05) is 26.7 Å². The highest BCUT2D eigenvalue weighted by atomic mass is 16.5. The van der Waals surface area contributed by atoms with Crippen LogP contribution in [0.5, 0.6) is 0 Å². The smallest absolute Gasteiger partial charge is 0.0710 e. The fraction of sp³-hybridized carbons (Fsp3) is 0.500. The summed E-state index contributed by atoms with van der Waals surface area (Å²) in [7, 11) is 1.80. The van der Waals surface area contributed by atoms with Gasteiger partial charge in [-0.05, 0) is 12.0 Å². The minimum atomic E-state index is 0.443. The Morgan fingerprint density at radius 3 is 2.79 bits per heavy atom. The van der Waals surface area contributed by atoms with Gasteiger partial charge in [0.1, 0.15) is 0 Å². The number of methoxy groups -OCH3 is 1. The molecular formula is C12H17NO. The minimum Gasteiger partial charge on any atom is -0.380 e. The molecule has 1 aliphatic rings. The van der Waals surface area contributed by atoms with Crippen molar-refractivity contribution < 1.29 is 4.74 Å². The van der Waals surface area contributed by atoms with Crippen LogP contribution in [0.4, 0.5) is 0 Å². The topological polar surface area (TPSA) is 12.5 Å². The average molecular weight is 191 g/mol. The quantitative estimate of drug-likeness (QED) is 0.723. The molecule has 0 aliphatic carbocycles. The molecular weight excluding hydrogens is 174 g/mol. The third kappa shape index (κ3) is 2.34. The second kappa shape index (κ2) is 4.58. The molecule has 1 heterocycles. The van der Waals surface area contributed by atoms with Gasteiger partial charge in [-0.25, -0.2) is 0 Å². The molecule has 1 atom stereocenters. The Balaban J connectivity index is 1.88. The largest absolute Gasteiger partial charge is 0.380 e. The lowest BCUT2D eigenvalue weighted by Crippen LogP contribution is -2.22. The lowest BCUT2D eigenvalue weighted by atomic mass is 10.2. The van der Waals surface area contributed by atoms with Gasteiger partial charge < -0.3 is 4.74 Å². The molecule has 0 spiro atoms. The van der Waals surface area contributed by atoms with Crippen molar-refractivity contribution >= 4 is 0 Å². The fourth-order valence-corrected chi connectivity index (χ4v) is 1.97. The van der Waals surface area contributed by atoms with Crippen LogP contribution in [0.25, 0.3) is 0 Å². The van der Waals surface area contributed by atoms with Crippen LogP contribution in [-0.2, 0) is 11.3 Å². The summed E-state index contributed by atoms with van der Waals surface area (Å²) in [5, 5.41) is 0. The normalized spacial score (nSPS) is 22.8. The fourth-order valence-electron chi connectivity index (χ4n) is 1.97. The molecule has 1 saturated heterocycles. The standard InChI is InChI=1S/C12H17NO/c1-14-12-7-8-13(10-12)9-11-5-3-2-4-6-11/h2-6,12H,7-10H2,1H3/t12-/m1/s1. The highest BCUT2D eigenvalue weighted by molar-refractivity contribution is 5.14. The van der Waals surface area contributed by atoms with Gasteiger partial charge in [-0.2, -0.15) is 0 Å². The van der Waals surface area contributed by atoms with E-state index in [1.807, 2.05) is 0 Å². The van der Waals surface area contributed by atoms with E-state index in [-0.39, 0.29) is 0 Å². The van der Waals surface area contributed by atoms with Crippen LogP contribution in [0.3, 0.4) is 0 Å². The van der Waals surface area contributed by atoms with Crippen molar-refractivity contribution in [1.29, 1.82) is 0 Å². The van der Waals surface area contributed by atoms with Crippen LogP contribution < -0.4 is 0 Å². The van der Waals surface area contributed by atoms with Crippen molar-refractivity contribution in [2.24, 2.45) is 0 Å². The molecule has 0 bridgehead atoms. The Kier molecular flexibility index (Phi) is 3.17. The van der Waals surface area contributed by atoms with E-state index in [0.29, 0.717) is 6.10 Å². The first-order valence-electron chi connectivity index (χ1n) is 5.17. The van der Waals surface area contributed by atoms with Gasteiger partial charge in [0.15, 0.2) is 0 Å². The Bertz CT molecular complexity index is 273. The summed E-state index contributed by atoms with van der Waals surface area (Å²) in [5.41, 5.74) is 1.39. The van der Waals surface area contributed by atoms with Gasteiger partial charge in [0.2, 0.25) is 0 Å². The van der Waals surface area contributed by atoms with Gasteiger partial charge >= 0.3 is 0 Å². The van der Waals surface area contributed by atoms with Crippen molar-refractivity contribution in [2.45, 2.75) is 19.1 Å². The second-order valence-electron chi connectivity index (χ2n) is 3.87. The number of ether oxygens (including phenoxy) is 1. The Labute approximate surface area is 85.5 Å². The molecule has 0 amide bonds. The molecule has 1 fully saturated rings.